The van der Waals surface area contributed by atoms with Crippen molar-refractivity contribution in [3.05, 3.63) is 75.0 Å². The monoisotopic (exact) mass is 504 g/mol. The third kappa shape index (κ3) is 4.62. The van der Waals surface area contributed by atoms with E-state index in [2.05, 4.69) is 21.5 Å². The number of piperazine rings is 1. The summed E-state index contributed by atoms with van der Waals surface area (Å²) in [6, 6.07) is 6.43. The Bertz CT molecular complexity index is 1260. The normalized spacial score (nSPS) is 15.5. The van der Waals surface area contributed by atoms with Crippen molar-refractivity contribution in [2.45, 2.75) is 12.3 Å². The Morgan fingerprint density at radius 1 is 1.21 bits per heavy atom. The number of carbonyl (C=O) groups is 1. The second kappa shape index (κ2) is 9.66. The Hall–Kier alpha value is -3.06. The van der Waals surface area contributed by atoms with E-state index in [4.69, 9.17) is 18.0 Å². The lowest BCUT2D eigenvalue weighted by Gasteiger charge is -2.29. The van der Waals surface area contributed by atoms with Crippen LogP contribution >= 0.6 is 22.9 Å². The number of nitrogens with zero attached hydrogens (tertiary/aromatic N) is 2. The van der Waals surface area contributed by atoms with E-state index in [9.17, 15) is 18.0 Å². The molecular weight excluding hydrogens is 485 g/mol. The summed E-state index contributed by atoms with van der Waals surface area (Å²) in [4.78, 5) is 18.8. The first kappa shape index (κ1) is 24.1. The van der Waals surface area contributed by atoms with Crippen molar-refractivity contribution < 1.29 is 18.0 Å². The van der Waals surface area contributed by atoms with Crippen molar-refractivity contribution >= 4 is 39.7 Å². The SMILES string of the molecule is C#CC(C)(c1csc(NC(=O)c2c(F)cc(N3CCNCC3)cc2F)n1)c1ccc(Cl)cc1F. The van der Waals surface area contributed by atoms with Crippen LogP contribution in [0.3, 0.4) is 0 Å². The summed E-state index contributed by atoms with van der Waals surface area (Å²) in [5.74, 6) is -0.981. The highest BCUT2D eigenvalue weighted by atomic mass is 35.5. The lowest BCUT2D eigenvalue weighted by atomic mass is 9.80. The van der Waals surface area contributed by atoms with Gasteiger partial charge in [-0.2, -0.15) is 0 Å². The summed E-state index contributed by atoms with van der Waals surface area (Å²) < 4.78 is 44.0. The molecule has 0 radical (unpaired) electrons. The van der Waals surface area contributed by atoms with Gasteiger partial charge in [0.05, 0.1) is 11.1 Å². The predicted molar refractivity (Wildman–Crippen MR) is 128 cm³/mol. The van der Waals surface area contributed by atoms with Crippen LogP contribution in [0.1, 0.15) is 28.5 Å². The molecule has 1 saturated heterocycles. The van der Waals surface area contributed by atoms with Crippen LogP contribution in [0.4, 0.5) is 24.0 Å². The summed E-state index contributed by atoms with van der Waals surface area (Å²) in [6.45, 7) is 4.22. The van der Waals surface area contributed by atoms with Gasteiger partial charge in [-0.05, 0) is 31.2 Å². The number of carbonyl (C=O) groups excluding carboxylic acids is 1. The van der Waals surface area contributed by atoms with Crippen molar-refractivity contribution in [1.82, 2.24) is 10.3 Å². The van der Waals surface area contributed by atoms with Crippen LogP contribution in [0.5, 0.6) is 0 Å². The fraction of sp³-hybridized carbons (Fsp3) is 0.250. The van der Waals surface area contributed by atoms with Gasteiger partial charge in [-0.3, -0.25) is 10.1 Å². The molecule has 5 nitrogen and oxygen atoms in total. The molecule has 1 aliphatic rings. The van der Waals surface area contributed by atoms with Crippen LogP contribution in [-0.2, 0) is 5.41 Å². The molecule has 34 heavy (non-hydrogen) atoms. The zero-order valence-corrected chi connectivity index (χ0v) is 19.7. The first-order chi connectivity index (χ1) is 16.2. The largest absolute Gasteiger partial charge is 0.369 e. The average molecular weight is 505 g/mol. The Morgan fingerprint density at radius 2 is 1.88 bits per heavy atom. The maximum Gasteiger partial charge on any atom is 0.263 e. The highest BCUT2D eigenvalue weighted by molar-refractivity contribution is 7.14. The van der Waals surface area contributed by atoms with E-state index < -0.39 is 34.3 Å². The third-order valence-electron chi connectivity index (χ3n) is 5.73. The van der Waals surface area contributed by atoms with Gasteiger partial charge in [-0.15, -0.1) is 17.8 Å². The molecule has 4 rings (SSSR count). The van der Waals surface area contributed by atoms with Crippen molar-refractivity contribution in [3.8, 4) is 12.3 Å². The number of thiazole rings is 1. The van der Waals surface area contributed by atoms with Crippen LogP contribution in [0.2, 0.25) is 5.02 Å². The maximum atomic E-state index is 14.7. The van der Waals surface area contributed by atoms with Gasteiger partial charge in [0, 0.05) is 47.8 Å². The zero-order chi connectivity index (χ0) is 24.5. The number of anilines is 2. The molecule has 10 heteroatoms. The fourth-order valence-electron chi connectivity index (χ4n) is 3.79. The van der Waals surface area contributed by atoms with Crippen molar-refractivity contribution in [2.75, 3.05) is 36.4 Å². The van der Waals surface area contributed by atoms with Gasteiger partial charge in [0.25, 0.3) is 5.91 Å². The van der Waals surface area contributed by atoms with Crippen LogP contribution in [0.25, 0.3) is 0 Å². The molecule has 0 saturated carbocycles. The van der Waals surface area contributed by atoms with Crippen LogP contribution in [0, 0.1) is 29.8 Å². The molecule has 3 aromatic rings. The van der Waals surface area contributed by atoms with Gasteiger partial charge < -0.3 is 10.2 Å². The fourth-order valence-corrected chi connectivity index (χ4v) is 4.76. The van der Waals surface area contributed by atoms with Gasteiger partial charge in [-0.25, -0.2) is 18.2 Å². The van der Waals surface area contributed by atoms with E-state index in [0.29, 0.717) is 37.6 Å². The predicted octanol–water partition coefficient (Wildman–Crippen LogP) is 4.81. The van der Waals surface area contributed by atoms with E-state index in [1.165, 1.54) is 12.1 Å². The highest BCUT2D eigenvalue weighted by Crippen LogP contribution is 2.36. The quantitative estimate of drug-likeness (QED) is 0.489. The summed E-state index contributed by atoms with van der Waals surface area (Å²) in [5.41, 5.74) is -1.11. The Kier molecular flexibility index (Phi) is 6.84. The van der Waals surface area contributed by atoms with Gasteiger partial charge in [-0.1, -0.05) is 23.6 Å². The van der Waals surface area contributed by atoms with E-state index in [0.717, 1.165) is 29.5 Å². The average Bonchev–Trinajstić information content (AvgIpc) is 3.27. The number of terminal acetylenes is 1. The van der Waals surface area contributed by atoms with Crippen LogP contribution < -0.4 is 15.5 Å². The standard InChI is InChI=1S/C24H20ClF3N4OS/c1-3-24(2,16-5-4-14(25)10-17(16)26)20-13-34-23(30-20)31-22(33)21-18(27)11-15(12-19(21)28)32-8-6-29-7-9-32/h1,4-5,10-13,29H,6-9H2,2H3,(H,30,31,33). The molecule has 2 aromatic carbocycles. The van der Waals surface area contributed by atoms with E-state index in [1.54, 1.807) is 12.3 Å². The molecule has 2 N–H and O–H groups in total. The van der Waals surface area contributed by atoms with Crippen molar-refractivity contribution in [3.63, 3.8) is 0 Å². The smallest absolute Gasteiger partial charge is 0.263 e. The number of hydrogen-bond acceptors (Lipinski definition) is 5. The van der Waals surface area contributed by atoms with Crippen molar-refractivity contribution in [1.29, 1.82) is 0 Å². The van der Waals surface area contributed by atoms with Crippen LogP contribution in [0.15, 0.2) is 35.7 Å². The molecule has 0 bridgehead atoms. The third-order valence-corrected chi connectivity index (χ3v) is 6.72. The second-order valence-corrected chi connectivity index (χ2v) is 9.20. The first-order valence-electron chi connectivity index (χ1n) is 10.4. The number of nitrogens with one attached hydrogen (secondary N) is 2. The molecule has 2 heterocycles. The van der Waals surface area contributed by atoms with E-state index in [-0.39, 0.29) is 15.7 Å². The van der Waals surface area contributed by atoms with Crippen molar-refractivity contribution in [2.24, 2.45) is 0 Å². The minimum absolute atomic E-state index is 0.0702. The Morgan fingerprint density at radius 3 is 2.50 bits per heavy atom. The number of halogens is 4. The first-order valence-corrected chi connectivity index (χ1v) is 11.6. The Labute approximate surface area is 204 Å². The molecule has 1 aromatic heterocycles. The van der Waals surface area contributed by atoms with Crippen LogP contribution in [-0.4, -0.2) is 37.1 Å². The number of aromatic nitrogens is 1. The Balaban J connectivity index is 1.57. The molecule has 1 atom stereocenters. The minimum atomic E-state index is -1.25. The topological polar surface area (TPSA) is 57.3 Å². The van der Waals surface area contributed by atoms with E-state index >= 15 is 0 Å². The summed E-state index contributed by atoms with van der Waals surface area (Å²) in [6.07, 6.45) is 5.72. The lowest BCUT2D eigenvalue weighted by Crippen LogP contribution is -2.43. The molecule has 176 valence electrons. The molecule has 1 fully saturated rings. The molecule has 1 aliphatic heterocycles. The van der Waals surface area contributed by atoms with Gasteiger partial charge in [0.1, 0.15) is 23.0 Å². The zero-order valence-electron chi connectivity index (χ0n) is 18.1. The number of rotatable bonds is 5. The molecule has 1 unspecified atom stereocenters. The second-order valence-electron chi connectivity index (χ2n) is 7.91. The molecule has 0 spiro atoms. The number of hydrogen-bond donors (Lipinski definition) is 2. The molecular formula is C24H20ClF3N4OS. The highest BCUT2D eigenvalue weighted by Gasteiger charge is 2.33. The number of amides is 1. The lowest BCUT2D eigenvalue weighted by molar-refractivity contribution is 0.101. The van der Waals surface area contributed by atoms with Gasteiger partial charge >= 0.3 is 0 Å². The van der Waals surface area contributed by atoms with Gasteiger partial charge in [0.2, 0.25) is 0 Å². The van der Waals surface area contributed by atoms with Gasteiger partial charge in [0.15, 0.2) is 5.13 Å². The number of benzene rings is 2. The maximum absolute atomic E-state index is 14.7. The van der Waals surface area contributed by atoms with E-state index in [1.807, 2.05) is 4.90 Å². The summed E-state index contributed by atoms with van der Waals surface area (Å²) in [5, 5.41) is 7.43. The molecule has 1 amide bonds. The summed E-state index contributed by atoms with van der Waals surface area (Å²) >= 11 is 6.84. The summed E-state index contributed by atoms with van der Waals surface area (Å²) in [7, 11) is 0. The minimum Gasteiger partial charge on any atom is -0.369 e. The molecule has 0 aliphatic carbocycles.